The van der Waals surface area contributed by atoms with Gasteiger partial charge in [-0.1, -0.05) is 35.9 Å². The molecule has 0 unspecified atom stereocenters. The van der Waals surface area contributed by atoms with Gasteiger partial charge in [0, 0.05) is 35.5 Å². The molecule has 1 aromatic heterocycles. The summed E-state index contributed by atoms with van der Waals surface area (Å²) in [4.78, 5) is 12.8. The number of hydrogen-bond acceptors (Lipinski definition) is 3. The second kappa shape index (κ2) is 10.1. The van der Waals surface area contributed by atoms with Gasteiger partial charge in [-0.25, -0.2) is 0 Å². The number of carbonyl (C=O) groups is 1. The number of halogens is 1. The highest BCUT2D eigenvalue weighted by Crippen LogP contribution is 2.27. The number of nitrogens with zero attached hydrogens (tertiary/aromatic N) is 1. The molecule has 6 heteroatoms. The van der Waals surface area contributed by atoms with Crippen LogP contribution in [-0.2, 0) is 17.8 Å². The molecule has 1 aliphatic heterocycles. The summed E-state index contributed by atoms with van der Waals surface area (Å²) in [5, 5.41) is 3.68. The average molecular weight is 468 g/mol. The molecule has 5 nitrogen and oxygen atoms in total. The molecular weight excluding hydrogens is 436 g/mol. The Bertz CT molecular complexity index is 1080. The Morgan fingerprint density at radius 2 is 1.67 bits per heavy atom. The van der Waals surface area contributed by atoms with Crippen molar-refractivity contribution >= 4 is 17.5 Å². The Balaban J connectivity index is 1.34. The molecule has 1 amide bonds. The number of hydrogen-bond donors (Lipinski definition) is 1. The van der Waals surface area contributed by atoms with Gasteiger partial charge in [-0.3, -0.25) is 4.79 Å². The highest BCUT2D eigenvalue weighted by Gasteiger charge is 2.30. The van der Waals surface area contributed by atoms with Crippen molar-refractivity contribution in [2.45, 2.75) is 38.9 Å². The van der Waals surface area contributed by atoms with E-state index in [9.17, 15) is 4.79 Å². The van der Waals surface area contributed by atoms with Crippen molar-refractivity contribution in [1.82, 2.24) is 5.32 Å². The smallest absolute Gasteiger partial charge is 0.255 e. The third-order valence-electron chi connectivity index (χ3n) is 6.54. The van der Waals surface area contributed by atoms with Crippen LogP contribution in [0.15, 0.2) is 59.0 Å². The van der Waals surface area contributed by atoms with Gasteiger partial charge >= 0.3 is 0 Å². The van der Waals surface area contributed by atoms with Gasteiger partial charge < -0.3 is 19.0 Å². The first-order valence-corrected chi connectivity index (χ1v) is 11.8. The van der Waals surface area contributed by atoms with Gasteiger partial charge in [0.2, 0.25) is 0 Å². The lowest BCUT2D eigenvalue weighted by molar-refractivity contribution is -0.929. The minimum atomic E-state index is -0.141. The van der Waals surface area contributed by atoms with Gasteiger partial charge in [0.1, 0.15) is 18.1 Å². The van der Waals surface area contributed by atoms with Crippen molar-refractivity contribution in [3.63, 3.8) is 0 Å². The number of quaternary nitrogens is 1. The predicted octanol–water partition coefficient (Wildman–Crippen LogP) is 5.59. The van der Waals surface area contributed by atoms with E-state index in [1.54, 1.807) is 6.07 Å². The fourth-order valence-corrected chi connectivity index (χ4v) is 4.61. The maximum absolute atomic E-state index is 12.8. The van der Waals surface area contributed by atoms with Crippen molar-refractivity contribution < 1.29 is 18.4 Å². The number of carbonyl (C=O) groups excluding carboxylic acids is 1. The van der Waals surface area contributed by atoms with Gasteiger partial charge in [-0.15, -0.1) is 0 Å². The molecule has 0 saturated carbocycles. The van der Waals surface area contributed by atoms with E-state index in [4.69, 9.17) is 20.8 Å². The normalized spacial score (nSPS) is 14.9. The number of benzene rings is 2. The zero-order chi connectivity index (χ0) is 23.4. The molecule has 3 aromatic rings. The molecule has 33 heavy (non-hydrogen) atoms. The fraction of sp³-hybridized carbons (Fsp3) is 0.370. The summed E-state index contributed by atoms with van der Waals surface area (Å²) in [5.74, 6) is 1.11. The van der Waals surface area contributed by atoms with E-state index in [0.29, 0.717) is 34.7 Å². The maximum atomic E-state index is 12.8. The molecule has 0 aliphatic carbocycles. The molecule has 0 atom stereocenters. The molecule has 0 radical (unpaired) electrons. The first-order chi connectivity index (χ1) is 15.8. The Hall–Kier alpha value is -2.60. The molecule has 1 N–H and O–H groups in total. The zero-order valence-electron chi connectivity index (χ0n) is 19.6. The van der Waals surface area contributed by atoms with Gasteiger partial charge in [0.05, 0.1) is 38.9 Å². The SMILES string of the molecule is Cc1oc(-c2ccc(Cl)cc2)cc1C(=O)NCc1ccc(C[N+](C)(C)C2CCOCC2)cc1. The molecule has 1 saturated heterocycles. The minimum absolute atomic E-state index is 0.141. The van der Waals surface area contributed by atoms with Crippen LogP contribution in [0.2, 0.25) is 5.02 Å². The predicted molar refractivity (Wildman–Crippen MR) is 131 cm³/mol. The number of nitrogens with one attached hydrogen (secondary N) is 1. The lowest BCUT2D eigenvalue weighted by Crippen LogP contribution is -2.50. The van der Waals surface area contributed by atoms with Gasteiger partial charge in [0.15, 0.2) is 0 Å². The Kier molecular flexibility index (Phi) is 7.23. The number of ether oxygens (including phenoxy) is 1. The minimum Gasteiger partial charge on any atom is -0.461 e. The summed E-state index contributed by atoms with van der Waals surface area (Å²) in [6, 6.07) is 18.3. The second-order valence-corrected chi connectivity index (χ2v) is 9.80. The molecular formula is C27H32ClN2O3+. The van der Waals surface area contributed by atoms with Crippen LogP contribution in [-0.4, -0.2) is 43.7 Å². The summed E-state index contributed by atoms with van der Waals surface area (Å²) >= 11 is 5.96. The maximum Gasteiger partial charge on any atom is 0.255 e. The van der Waals surface area contributed by atoms with Crippen molar-refractivity contribution in [2.24, 2.45) is 0 Å². The van der Waals surface area contributed by atoms with Crippen LogP contribution < -0.4 is 5.32 Å². The van der Waals surface area contributed by atoms with Gasteiger partial charge in [-0.05, 0) is 42.8 Å². The molecule has 2 heterocycles. The third kappa shape index (κ3) is 5.85. The van der Waals surface area contributed by atoms with Gasteiger partial charge in [0.25, 0.3) is 5.91 Å². The van der Waals surface area contributed by atoms with Crippen LogP contribution in [0.5, 0.6) is 0 Å². The Labute approximate surface area is 200 Å². The summed E-state index contributed by atoms with van der Waals surface area (Å²) in [5.41, 5.74) is 3.81. The first kappa shape index (κ1) is 23.6. The van der Waals surface area contributed by atoms with Crippen LogP contribution in [0.25, 0.3) is 11.3 Å². The molecule has 174 valence electrons. The van der Waals surface area contributed by atoms with E-state index >= 15 is 0 Å². The summed E-state index contributed by atoms with van der Waals surface area (Å²) in [6.45, 7) is 4.99. The standard InChI is InChI=1S/C27H31ClN2O3/c1-19-25(16-26(33-19)22-8-10-23(28)11-9-22)27(31)29-17-20-4-6-21(7-5-20)18-30(2,3)24-12-14-32-15-13-24/h4-11,16,24H,12-15,17-18H2,1-3H3/p+1. The fourth-order valence-electron chi connectivity index (χ4n) is 4.49. The lowest BCUT2D eigenvalue weighted by Gasteiger charge is -2.40. The number of rotatable bonds is 7. The second-order valence-electron chi connectivity index (χ2n) is 9.37. The highest BCUT2D eigenvalue weighted by atomic mass is 35.5. The van der Waals surface area contributed by atoms with E-state index in [-0.39, 0.29) is 5.91 Å². The molecule has 0 spiro atoms. The summed E-state index contributed by atoms with van der Waals surface area (Å²) in [6.07, 6.45) is 2.23. The van der Waals surface area contributed by atoms with Crippen LogP contribution in [0.1, 0.15) is 40.1 Å². The monoisotopic (exact) mass is 467 g/mol. The number of aryl methyl sites for hydroxylation is 1. The lowest BCUT2D eigenvalue weighted by atomic mass is 10.0. The molecule has 4 rings (SSSR count). The van der Waals surface area contributed by atoms with Crippen LogP contribution >= 0.6 is 11.6 Å². The average Bonchev–Trinajstić information content (AvgIpc) is 3.21. The van der Waals surface area contributed by atoms with Crippen molar-refractivity contribution in [1.29, 1.82) is 0 Å². The Morgan fingerprint density at radius 3 is 2.33 bits per heavy atom. The van der Waals surface area contributed by atoms with Crippen LogP contribution in [0.4, 0.5) is 0 Å². The quantitative estimate of drug-likeness (QED) is 0.460. The third-order valence-corrected chi connectivity index (χ3v) is 6.79. The van der Waals surface area contributed by atoms with Crippen molar-refractivity contribution in [3.05, 3.63) is 82.1 Å². The number of amides is 1. The summed E-state index contributed by atoms with van der Waals surface area (Å²) < 4.78 is 12.3. The van der Waals surface area contributed by atoms with Crippen LogP contribution in [0, 0.1) is 6.92 Å². The van der Waals surface area contributed by atoms with E-state index in [2.05, 4.69) is 43.7 Å². The van der Waals surface area contributed by atoms with Gasteiger partial charge in [-0.2, -0.15) is 0 Å². The van der Waals surface area contributed by atoms with E-state index < -0.39 is 0 Å². The largest absolute Gasteiger partial charge is 0.461 e. The zero-order valence-corrected chi connectivity index (χ0v) is 20.3. The van der Waals surface area contributed by atoms with E-state index in [1.807, 2.05) is 31.2 Å². The van der Waals surface area contributed by atoms with Crippen LogP contribution in [0.3, 0.4) is 0 Å². The van der Waals surface area contributed by atoms with Crippen molar-refractivity contribution in [2.75, 3.05) is 27.3 Å². The molecule has 1 fully saturated rings. The topological polar surface area (TPSA) is 51.5 Å². The number of furan rings is 1. The molecule has 0 bridgehead atoms. The van der Waals surface area contributed by atoms with E-state index in [1.165, 1.54) is 5.56 Å². The van der Waals surface area contributed by atoms with E-state index in [0.717, 1.165) is 48.2 Å². The highest BCUT2D eigenvalue weighted by molar-refractivity contribution is 6.30. The summed E-state index contributed by atoms with van der Waals surface area (Å²) in [7, 11) is 4.60. The Morgan fingerprint density at radius 1 is 1.03 bits per heavy atom. The van der Waals surface area contributed by atoms with Crippen molar-refractivity contribution in [3.8, 4) is 11.3 Å². The molecule has 1 aliphatic rings. The molecule has 2 aromatic carbocycles. The first-order valence-electron chi connectivity index (χ1n) is 11.4.